The van der Waals surface area contributed by atoms with E-state index in [1.54, 1.807) is 160 Å². The molecule has 0 bridgehead atoms. The van der Waals surface area contributed by atoms with Gasteiger partial charge in [0.2, 0.25) is 88.6 Å². The number of phenolic OH excluding ortho intramolecular Hbond substituents is 2. The van der Waals surface area contributed by atoms with Crippen molar-refractivity contribution in [1.29, 1.82) is 0 Å². The second-order valence-electron chi connectivity index (χ2n) is 34.1. The van der Waals surface area contributed by atoms with E-state index >= 15 is 47.9 Å². The number of fused-ring (bicyclic) bond motifs is 1. The quantitative estimate of drug-likeness (QED) is 0.0390. The number of amides is 15. The average molecular weight is 1870 g/mol. The van der Waals surface area contributed by atoms with Crippen molar-refractivity contribution in [2.45, 2.75) is 171 Å². The van der Waals surface area contributed by atoms with Gasteiger partial charge in [0, 0.05) is 110 Å². The van der Waals surface area contributed by atoms with E-state index in [-0.39, 0.29) is 81.7 Å². The van der Waals surface area contributed by atoms with E-state index in [9.17, 15) is 44.1 Å². The van der Waals surface area contributed by atoms with E-state index in [1.807, 2.05) is 6.92 Å². The Bertz CT molecular complexity index is 5450. The summed E-state index contributed by atoms with van der Waals surface area (Å²) in [7, 11) is 6.52. The summed E-state index contributed by atoms with van der Waals surface area (Å²) < 4.78 is 0. The number of hydrogen-bond acceptors (Lipinski definition) is 20. The van der Waals surface area contributed by atoms with Crippen LogP contribution in [0.4, 0.5) is 0 Å². The fourth-order valence-electron chi connectivity index (χ4n) is 15.7. The van der Waals surface area contributed by atoms with Gasteiger partial charge in [-0.25, -0.2) is 0 Å². The van der Waals surface area contributed by atoms with Crippen LogP contribution in [-0.4, -0.2) is 272 Å². The Labute approximate surface area is 787 Å². The normalized spacial score (nSPS) is 21.4. The molecule has 17 N–H and O–H groups in total. The number of likely N-dealkylation sites (N-methyl/N-ethyl adjacent to an activating group) is 5. The number of carbonyl (C=O) groups is 16. The molecular weight excluding hydrogens is 1750 g/mol. The SMILES string of the molecule is CCCC[C@H]1C(=O)N(C)CC(=O)N[C@@H](CC(=O)O)C(=O)N[C@@H](Cc2ccc(CN)cc2)C(=O)N(C)[C@@H](Cc2ccccc2)C(=O)N[C@@H](Cc2ccc(O)cc2)C(=O)N(C)CC(=O)N[C@@H](Cc2c[nH]c3ccccc23)C(=O)N[C@@H](Cc2ccc(O)cc2)C(=O)N[C@@H](CC(C)C)C(=O)N[C@H](C(=O)NCC(N)=O)CSCC(=O)N[C@@H](Cc2ccccc2)C(=O)N(C)C(Cc2ccccc2)C(=O)N1C. The Morgan fingerprint density at radius 3 is 1.37 bits per heavy atom. The van der Waals surface area contributed by atoms with Crippen LogP contribution in [0, 0.1) is 5.92 Å². The van der Waals surface area contributed by atoms with Crippen LogP contribution in [-0.2, 0) is 128 Å². The van der Waals surface area contributed by atoms with Gasteiger partial charge >= 0.3 is 5.97 Å². The maximum atomic E-state index is 15.7. The molecule has 0 radical (unpaired) electrons. The highest BCUT2D eigenvalue weighted by Crippen LogP contribution is 2.25. The van der Waals surface area contributed by atoms with Gasteiger partial charge in [0.05, 0.1) is 31.8 Å². The fraction of sp³-hybridized carbons (Fsp3) is 0.388. The van der Waals surface area contributed by atoms with Crippen LogP contribution < -0.4 is 59.3 Å². The van der Waals surface area contributed by atoms with Crippen molar-refractivity contribution in [3.63, 3.8) is 0 Å². The van der Waals surface area contributed by atoms with E-state index in [1.165, 1.54) is 93.6 Å². The number of rotatable bonds is 25. The molecule has 15 amide bonds. The molecule has 0 spiro atoms. The van der Waals surface area contributed by atoms with Gasteiger partial charge in [-0.2, -0.15) is 0 Å². The molecule has 11 atom stereocenters. The van der Waals surface area contributed by atoms with Crippen LogP contribution in [0.1, 0.15) is 97.4 Å². The third-order valence-corrected chi connectivity index (χ3v) is 24.2. The van der Waals surface area contributed by atoms with Crippen LogP contribution in [0.25, 0.3) is 10.9 Å². The molecule has 8 aromatic rings. The molecule has 718 valence electrons. The highest BCUT2D eigenvalue weighted by molar-refractivity contribution is 8.00. The number of carboxylic acid groups (broad SMARTS) is 1. The molecule has 9 rings (SSSR count). The number of carboxylic acids is 1. The lowest BCUT2D eigenvalue weighted by Crippen LogP contribution is -2.60. The number of hydrogen-bond donors (Lipinski definition) is 15. The number of carbonyl (C=O) groups excluding carboxylic acids is 15. The third kappa shape index (κ3) is 31.6. The number of aromatic nitrogens is 1. The lowest BCUT2D eigenvalue weighted by atomic mass is 9.99. The number of para-hydroxylation sites is 1. The van der Waals surface area contributed by atoms with Crippen LogP contribution in [0.5, 0.6) is 11.5 Å². The number of benzene rings is 7. The van der Waals surface area contributed by atoms with Crippen LogP contribution >= 0.6 is 11.8 Å². The number of nitrogens with one attached hydrogen (secondary N) is 10. The molecule has 135 heavy (non-hydrogen) atoms. The Morgan fingerprint density at radius 2 is 0.844 bits per heavy atom. The van der Waals surface area contributed by atoms with Crippen molar-refractivity contribution in [2.24, 2.45) is 17.4 Å². The topological polar surface area (TPSA) is 526 Å². The molecule has 7 aromatic carbocycles. The van der Waals surface area contributed by atoms with E-state index in [4.69, 9.17) is 11.5 Å². The van der Waals surface area contributed by atoms with E-state index in [0.717, 1.165) is 26.5 Å². The molecule has 1 aliphatic rings. The summed E-state index contributed by atoms with van der Waals surface area (Å²) >= 11 is 0.826. The minimum Gasteiger partial charge on any atom is -0.508 e. The van der Waals surface area contributed by atoms with Crippen molar-refractivity contribution < 1.29 is 92.0 Å². The number of nitrogens with zero attached hydrogens (tertiary/aromatic N) is 5. The zero-order valence-corrected chi connectivity index (χ0v) is 77.6. The standard InChI is InChI=1S/C98H121N17O19S/c1-9-10-30-80-97(133)112(5)56-85(120)104-75(51-87(122)123)92(128)108-78(47-63-31-33-66(52-99)34-32-63)96(132)114(7)81(48-61-24-16-12-17-25-61)93(129)109-76(46-65-37-41-69(117)42-38-65)94(130)111(4)55-84(119)103-74(50-67-53-101-71-29-21-20-28-70(67)71)91(127)107-73(44-64-35-39-68(116)40-36-64)90(126)106-72(43-59(2)3)89(125)110-79(88(124)102-54-83(100)118)57-135-58-86(121)105-77(45-60-22-14-11-15-23-60)95(131)115(8)82(98(134)113(80)6)49-62-26-18-13-19-27-62/h11-29,31-42,53,59,72-82,101,116-117H,9-10,30,43-52,54-58,99H2,1-8H3,(H2,100,118)(H,102,124)(H,103,119)(H,104,120)(H,105,121)(H,106,126)(H,107,127)(H,108,128)(H,109,129)(H,110,125)(H,122,123)/t72-,73-,74-,75-,76-,77-,78-,79-,80-,81-,82?/m0/s1. The smallest absolute Gasteiger partial charge is 0.305 e. The predicted octanol–water partition coefficient (Wildman–Crippen LogP) is 2.37. The molecule has 1 saturated heterocycles. The van der Waals surface area contributed by atoms with E-state index in [2.05, 4.69) is 52.8 Å². The number of aliphatic carboxylic acids is 1. The maximum absolute atomic E-state index is 15.7. The Morgan fingerprint density at radius 1 is 0.437 bits per heavy atom. The van der Waals surface area contributed by atoms with E-state index < -0.39 is 199 Å². The van der Waals surface area contributed by atoms with Gasteiger partial charge in [-0.3, -0.25) is 76.7 Å². The minimum atomic E-state index is -1.96. The largest absolute Gasteiger partial charge is 0.508 e. The highest BCUT2D eigenvalue weighted by atomic mass is 32.2. The van der Waals surface area contributed by atoms with Gasteiger partial charge in [0.25, 0.3) is 0 Å². The first-order valence-electron chi connectivity index (χ1n) is 44.5. The lowest BCUT2D eigenvalue weighted by Gasteiger charge is -2.37. The van der Waals surface area contributed by atoms with Crippen molar-refractivity contribution in [1.82, 2.24) is 77.3 Å². The molecule has 2 heterocycles. The van der Waals surface area contributed by atoms with Crippen molar-refractivity contribution >= 4 is 117 Å². The molecule has 36 nitrogen and oxygen atoms in total. The zero-order chi connectivity index (χ0) is 98.1. The number of aromatic amines is 1. The first kappa shape index (κ1) is 104. The van der Waals surface area contributed by atoms with Crippen LogP contribution in [0.15, 0.2) is 194 Å². The Kier molecular flexibility index (Phi) is 39.3. The predicted molar refractivity (Wildman–Crippen MR) is 505 cm³/mol. The number of nitrogens with two attached hydrogens (primary N) is 2. The number of phenols is 2. The second kappa shape index (κ2) is 50.9. The monoisotopic (exact) mass is 1870 g/mol. The summed E-state index contributed by atoms with van der Waals surface area (Å²) in [6, 6.07) is 33.5. The number of primary amides is 1. The number of H-pyrrole nitrogens is 1. The average Bonchev–Trinajstić information content (AvgIpc) is 1.64. The molecule has 0 saturated carbocycles. The molecular formula is C98H121N17O19S. The number of unbranched alkanes of at least 4 members (excludes halogenated alkanes) is 1. The summed E-state index contributed by atoms with van der Waals surface area (Å²) in [5.74, 6) is -16.9. The molecule has 1 aromatic heterocycles. The van der Waals surface area contributed by atoms with Gasteiger partial charge in [-0.1, -0.05) is 191 Å². The zero-order valence-electron chi connectivity index (χ0n) is 76.8. The molecule has 1 fully saturated rings. The van der Waals surface area contributed by atoms with Gasteiger partial charge < -0.3 is 104 Å². The first-order valence-corrected chi connectivity index (χ1v) is 45.7. The van der Waals surface area contributed by atoms with E-state index in [0.29, 0.717) is 68.3 Å². The summed E-state index contributed by atoms with van der Waals surface area (Å²) in [6.07, 6.45) is -0.402. The maximum Gasteiger partial charge on any atom is 0.305 e. The summed E-state index contributed by atoms with van der Waals surface area (Å²) in [5, 5.41) is 56.0. The molecule has 1 aliphatic heterocycles. The lowest BCUT2D eigenvalue weighted by molar-refractivity contribution is -0.151. The highest BCUT2D eigenvalue weighted by Gasteiger charge is 2.42. The van der Waals surface area contributed by atoms with Gasteiger partial charge in [0.15, 0.2) is 0 Å². The second-order valence-corrected chi connectivity index (χ2v) is 35.1. The minimum absolute atomic E-state index is 0.0158. The van der Waals surface area contributed by atoms with Crippen LogP contribution in [0.3, 0.4) is 0 Å². The van der Waals surface area contributed by atoms with Gasteiger partial charge in [-0.05, 0) is 93.6 Å². The van der Waals surface area contributed by atoms with Crippen molar-refractivity contribution in [3.8, 4) is 11.5 Å². The van der Waals surface area contributed by atoms with Crippen molar-refractivity contribution in [2.75, 3.05) is 66.4 Å². The van der Waals surface area contributed by atoms with Gasteiger partial charge in [0.1, 0.15) is 78.0 Å². The summed E-state index contributed by atoms with van der Waals surface area (Å²) in [5.41, 5.74) is 16.2. The third-order valence-electron chi connectivity index (χ3n) is 23.1. The number of thioether (sulfide) groups is 1. The fourth-order valence-corrected chi connectivity index (χ4v) is 16.6. The molecule has 1 unspecified atom stereocenters. The molecule has 0 aliphatic carbocycles. The van der Waals surface area contributed by atoms with Crippen molar-refractivity contribution in [3.05, 3.63) is 239 Å². The summed E-state index contributed by atoms with van der Waals surface area (Å²) in [4.78, 5) is 246. The first-order chi connectivity index (χ1) is 64.4. The number of aromatic hydroxyl groups is 2. The van der Waals surface area contributed by atoms with Gasteiger partial charge in [-0.15, -0.1) is 11.8 Å². The van der Waals surface area contributed by atoms with Crippen LogP contribution in [0.2, 0.25) is 0 Å². The Hall–Kier alpha value is -14.5. The summed E-state index contributed by atoms with van der Waals surface area (Å²) in [6.45, 7) is 3.12. The molecule has 37 heteroatoms. The Balaban J connectivity index is 1.13.